The van der Waals surface area contributed by atoms with Crippen LogP contribution in [0.5, 0.6) is 0 Å². The second kappa shape index (κ2) is 4.99. The van der Waals surface area contributed by atoms with Gasteiger partial charge in [0.15, 0.2) is 0 Å². The molecule has 0 saturated carbocycles. The number of anilines is 1. The minimum Gasteiger partial charge on any atom is -0.388 e. The Labute approximate surface area is 103 Å². The van der Waals surface area contributed by atoms with Crippen molar-refractivity contribution in [2.45, 2.75) is 12.8 Å². The van der Waals surface area contributed by atoms with Gasteiger partial charge in [-0.25, -0.2) is 0 Å². The summed E-state index contributed by atoms with van der Waals surface area (Å²) in [4.78, 5) is 4.87. The van der Waals surface area contributed by atoms with Crippen LogP contribution in [0.3, 0.4) is 0 Å². The van der Waals surface area contributed by atoms with Gasteiger partial charge in [-0.05, 0) is 30.5 Å². The highest BCUT2D eigenvalue weighted by atomic mass is 32.1. The number of nitrogens with zero attached hydrogens (tertiary/aromatic N) is 2. The van der Waals surface area contributed by atoms with E-state index in [4.69, 9.17) is 15.8 Å². The molecule has 1 aliphatic rings. The summed E-state index contributed by atoms with van der Waals surface area (Å²) in [5, 5.41) is 9.50. The van der Waals surface area contributed by atoms with E-state index < -0.39 is 0 Å². The lowest BCUT2D eigenvalue weighted by molar-refractivity contribution is 0.115. The molecule has 0 spiro atoms. The summed E-state index contributed by atoms with van der Waals surface area (Å²) < 4.78 is 4.22. The number of hydrogen-bond donors (Lipinski definition) is 2. The van der Waals surface area contributed by atoms with Crippen LogP contribution in [-0.4, -0.2) is 11.5 Å². The molecule has 0 bridgehead atoms. The van der Waals surface area contributed by atoms with Crippen molar-refractivity contribution in [3.63, 3.8) is 0 Å². The van der Waals surface area contributed by atoms with Crippen molar-refractivity contribution in [3.8, 4) is 6.07 Å². The van der Waals surface area contributed by atoms with Crippen molar-refractivity contribution >= 4 is 22.1 Å². The Morgan fingerprint density at radius 2 is 2.47 bits per heavy atom. The highest BCUT2D eigenvalue weighted by Gasteiger charge is 2.16. The van der Waals surface area contributed by atoms with Crippen molar-refractivity contribution in [2.24, 2.45) is 0 Å². The zero-order valence-electron chi connectivity index (χ0n) is 9.36. The Balaban J connectivity index is 2.35. The number of nitrogens with one attached hydrogen (secondary N) is 1. The van der Waals surface area contributed by atoms with Gasteiger partial charge >= 0.3 is 0 Å². The van der Waals surface area contributed by atoms with Crippen LogP contribution in [0, 0.1) is 11.3 Å². The van der Waals surface area contributed by atoms with Crippen LogP contribution in [0.2, 0.25) is 0 Å². The van der Waals surface area contributed by atoms with E-state index >= 15 is 0 Å². The predicted octanol–water partition coefficient (Wildman–Crippen LogP) is 1.81. The van der Waals surface area contributed by atoms with Crippen molar-refractivity contribution in [1.82, 2.24) is 9.85 Å². The standard InChI is InChI=1S/C11H12N4OS/c1-16-14-8-4-2-3-7(5-8)10-9(6-12)11(13)17-15-10/h3,5,14H,2,4,13H2,1H3. The lowest BCUT2D eigenvalue weighted by Gasteiger charge is -2.13. The molecule has 0 fully saturated rings. The Bertz CT molecular complexity index is 524. The molecule has 5 nitrogen and oxygen atoms in total. The Morgan fingerprint density at radius 3 is 3.18 bits per heavy atom. The molecule has 1 aromatic heterocycles. The fourth-order valence-corrected chi connectivity index (χ4v) is 2.31. The molecule has 1 aromatic rings. The molecule has 0 amide bonds. The fraction of sp³-hybridized carbons (Fsp3) is 0.273. The Kier molecular flexibility index (Phi) is 3.42. The molecule has 2 rings (SSSR count). The van der Waals surface area contributed by atoms with Crippen LogP contribution >= 0.6 is 11.5 Å². The minimum atomic E-state index is 0.455. The number of nitrogen functional groups attached to an aromatic ring is 1. The summed E-state index contributed by atoms with van der Waals surface area (Å²) >= 11 is 1.15. The normalized spacial score (nSPS) is 14.8. The Morgan fingerprint density at radius 1 is 1.65 bits per heavy atom. The van der Waals surface area contributed by atoms with Gasteiger partial charge in [0.1, 0.15) is 22.3 Å². The monoisotopic (exact) mass is 248 g/mol. The number of rotatable bonds is 3. The molecule has 1 aliphatic carbocycles. The summed E-state index contributed by atoms with van der Waals surface area (Å²) in [6.07, 6.45) is 5.76. The predicted molar refractivity (Wildman–Crippen MR) is 66.7 cm³/mol. The first kappa shape index (κ1) is 11.6. The molecular weight excluding hydrogens is 236 g/mol. The molecule has 0 atom stereocenters. The maximum absolute atomic E-state index is 9.04. The molecule has 0 radical (unpaired) electrons. The first-order valence-corrected chi connectivity index (χ1v) is 5.89. The molecule has 3 N–H and O–H groups in total. The third-order valence-corrected chi connectivity index (χ3v) is 3.12. The lowest BCUT2D eigenvalue weighted by Crippen LogP contribution is -2.12. The van der Waals surface area contributed by atoms with Gasteiger partial charge < -0.3 is 5.73 Å². The minimum absolute atomic E-state index is 0.455. The van der Waals surface area contributed by atoms with Crippen molar-refractivity contribution in [3.05, 3.63) is 29.1 Å². The van der Waals surface area contributed by atoms with E-state index in [1.807, 2.05) is 6.08 Å². The zero-order chi connectivity index (χ0) is 12.3. The molecule has 17 heavy (non-hydrogen) atoms. The number of nitrogens with two attached hydrogens (primary N) is 1. The molecule has 0 saturated heterocycles. The summed E-state index contributed by atoms with van der Waals surface area (Å²) in [7, 11) is 1.57. The smallest absolute Gasteiger partial charge is 0.125 e. The van der Waals surface area contributed by atoms with E-state index in [0.717, 1.165) is 35.6 Å². The average molecular weight is 248 g/mol. The SMILES string of the molecule is CONC1=CC(c2nsc(N)c2C#N)=CCC1. The largest absolute Gasteiger partial charge is 0.388 e. The van der Waals surface area contributed by atoms with Crippen LogP contribution in [0.15, 0.2) is 17.8 Å². The fourth-order valence-electron chi connectivity index (χ4n) is 1.69. The molecule has 0 unspecified atom stereocenters. The second-order valence-electron chi connectivity index (χ2n) is 3.56. The first-order valence-electron chi connectivity index (χ1n) is 5.11. The van der Waals surface area contributed by atoms with Crippen LogP contribution < -0.4 is 11.2 Å². The number of hydroxylamine groups is 1. The van der Waals surface area contributed by atoms with Crippen LogP contribution in [0.1, 0.15) is 24.1 Å². The quantitative estimate of drug-likeness (QED) is 0.797. The number of nitriles is 1. The molecule has 1 heterocycles. The second-order valence-corrected chi connectivity index (χ2v) is 4.36. The van der Waals surface area contributed by atoms with Crippen molar-refractivity contribution < 1.29 is 4.84 Å². The van der Waals surface area contributed by atoms with E-state index in [-0.39, 0.29) is 0 Å². The topological polar surface area (TPSA) is 84.0 Å². The van der Waals surface area contributed by atoms with E-state index in [2.05, 4.69) is 22.0 Å². The highest BCUT2D eigenvalue weighted by Crippen LogP contribution is 2.30. The zero-order valence-corrected chi connectivity index (χ0v) is 10.2. The van der Waals surface area contributed by atoms with Gasteiger partial charge in [-0.15, -0.1) is 0 Å². The Hall–Kier alpha value is -1.84. The number of hydrogen-bond acceptors (Lipinski definition) is 6. The van der Waals surface area contributed by atoms with Crippen molar-refractivity contribution in [1.29, 1.82) is 5.26 Å². The number of allylic oxidation sites excluding steroid dienone is 4. The average Bonchev–Trinajstić information content (AvgIpc) is 2.71. The maximum Gasteiger partial charge on any atom is 0.125 e. The van der Waals surface area contributed by atoms with Gasteiger partial charge in [-0.2, -0.15) is 9.64 Å². The highest BCUT2D eigenvalue weighted by molar-refractivity contribution is 7.10. The lowest BCUT2D eigenvalue weighted by atomic mass is 10.00. The third kappa shape index (κ3) is 2.30. The first-order chi connectivity index (χ1) is 8.26. The molecule has 0 aliphatic heterocycles. The molecule has 6 heteroatoms. The third-order valence-electron chi connectivity index (χ3n) is 2.44. The van der Waals surface area contributed by atoms with Crippen LogP contribution in [0.4, 0.5) is 5.00 Å². The van der Waals surface area contributed by atoms with E-state index in [1.54, 1.807) is 7.11 Å². The van der Waals surface area contributed by atoms with Crippen LogP contribution in [-0.2, 0) is 4.84 Å². The van der Waals surface area contributed by atoms with Crippen LogP contribution in [0.25, 0.3) is 5.57 Å². The van der Waals surface area contributed by atoms with Gasteiger partial charge in [0, 0.05) is 11.3 Å². The van der Waals surface area contributed by atoms with E-state index in [9.17, 15) is 0 Å². The summed E-state index contributed by atoms with van der Waals surface area (Å²) in [6.45, 7) is 0. The summed E-state index contributed by atoms with van der Waals surface area (Å²) in [5.41, 5.74) is 11.5. The number of aromatic nitrogens is 1. The van der Waals surface area contributed by atoms with E-state index in [1.165, 1.54) is 0 Å². The summed E-state index contributed by atoms with van der Waals surface area (Å²) in [5.74, 6) is 0. The molecule has 88 valence electrons. The molecule has 0 aromatic carbocycles. The van der Waals surface area contributed by atoms with Gasteiger partial charge in [0.25, 0.3) is 0 Å². The van der Waals surface area contributed by atoms with Gasteiger partial charge in [0.2, 0.25) is 0 Å². The van der Waals surface area contributed by atoms with Crippen molar-refractivity contribution in [2.75, 3.05) is 12.8 Å². The van der Waals surface area contributed by atoms with Gasteiger partial charge in [-0.1, -0.05) is 6.08 Å². The molecular formula is C11H12N4OS. The van der Waals surface area contributed by atoms with Gasteiger partial charge in [0.05, 0.1) is 7.11 Å². The van der Waals surface area contributed by atoms with E-state index in [0.29, 0.717) is 16.3 Å². The summed E-state index contributed by atoms with van der Waals surface area (Å²) in [6, 6.07) is 2.09. The van der Waals surface area contributed by atoms with Gasteiger partial charge in [-0.3, -0.25) is 10.3 Å². The maximum atomic E-state index is 9.04.